The van der Waals surface area contributed by atoms with Crippen LogP contribution in [0, 0.1) is 19.8 Å². The highest BCUT2D eigenvalue weighted by atomic mass is 32.1. The SMILES string of the molecule is CCC1CCN(c2cc(C)nc(C)c2C(N)=S)C1. The molecule has 0 aliphatic carbocycles. The maximum Gasteiger partial charge on any atom is 0.107 e. The second-order valence-corrected chi connectivity index (χ2v) is 5.56. The van der Waals surface area contributed by atoms with Crippen molar-refractivity contribution in [1.29, 1.82) is 0 Å². The van der Waals surface area contributed by atoms with Gasteiger partial charge in [-0.25, -0.2) is 0 Å². The fourth-order valence-corrected chi connectivity index (χ4v) is 3.00. The van der Waals surface area contributed by atoms with Crippen molar-refractivity contribution in [3.63, 3.8) is 0 Å². The van der Waals surface area contributed by atoms with Gasteiger partial charge in [0.2, 0.25) is 0 Å². The summed E-state index contributed by atoms with van der Waals surface area (Å²) in [7, 11) is 0. The molecule has 98 valence electrons. The third kappa shape index (κ3) is 2.48. The van der Waals surface area contributed by atoms with Crippen LogP contribution >= 0.6 is 12.2 Å². The van der Waals surface area contributed by atoms with Gasteiger partial charge >= 0.3 is 0 Å². The van der Waals surface area contributed by atoms with E-state index in [1.54, 1.807) is 0 Å². The smallest absolute Gasteiger partial charge is 0.107 e. The van der Waals surface area contributed by atoms with Crippen molar-refractivity contribution in [2.75, 3.05) is 18.0 Å². The lowest BCUT2D eigenvalue weighted by molar-refractivity contribution is 0.569. The number of aromatic nitrogens is 1. The Morgan fingerprint density at radius 3 is 2.83 bits per heavy atom. The molecule has 1 unspecified atom stereocenters. The molecular formula is C14H21N3S. The molecule has 3 nitrogen and oxygen atoms in total. The Labute approximate surface area is 114 Å². The van der Waals surface area contributed by atoms with Crippen LogP contribution in [0.25, 0.3) is 0 Å². The number of hydrogen-bond acceptors (Lipinski definition) is 3. The second-order valence-electron chi connectivity index (χ2n) is 5.12. The molecule has 0 saturated carbocycles. The second kappa shape index (κ2) is 5.22. The molecule has 0 radical (unpaired) electrons. The van der Waals surface area contributed by atoms with Crippen molar-refractivity contribution >= 4 is 22.9 Å². The molecule has 1 saturated heterocycles. The molecule has 0 bridgehead atoms. The molecule has 18 heavy (non-hydrogen) atoms. The van der Waals surface area contributed by atoms with Gasteiger partial charge in [-0.2, -0.15) is 0 Å². The highest BCUT2D eigenvalue weighted by Gasteiger charge is 2.24. The summed E-state index contributed by atoms with van der Waals surface area (Å²) in [6, 6.07) is 2.11. The minimum absolute atomic E-state index is 0.454. The normalized spacial score (nSPS) is 19.3. The van der Waals surface area contributed by atoms with E-state index in [0.29, 0.717) is 4.99 Å². The Hall–Kier alpha value is -1.16. The highest BCUT2D eigenvalue weighted by Crippen LogP contribution is 2.30. The lowest BCUT2D eigenvalue weighted by atomic mass is 10.1. The molecule has 1 aromatic heterocycles. The lowest BCUT2D eigenvalue weighted by Gasteiger charge is -2.23. The minimum Gasteiger partial charge on any atom is -0.389 e. The summed E-state index contributed by atoms with van der Waals surface area (Å²) in [5, 5.41) is 0. The first-order valence-electron chi connectivity index (χ1n) is 6.56. The van der Waals surface area contributed by atoms with E-state index in [1.807, 2.05) is 13.8 Å². The van der Waals surface area contributed by atoms with E-state index in [0.717, 1.165) is 36.0 Å². The molecule has 2 N–H and O–H groups in total. The first kappa shape index (κ1) is 13.3. The van der Waals surface area contributed by atoms with Crippen LogP contribution in [0.4, 0.5) is 5.69 Å². The van der Waals surface area contributed by atoms with Crippen molar-refractivity contribution < 1.29 is 0 Å². The average molecular weight is 263 g/mol. The molecule has 4 heteroatoms. The van der Waals surface area contributed by atoms with Crippen molar-refractivity contribution in [2.24, 2.45) is 11.7 Å². The number of nitrogens with two attached hydrogens (primary N) is 1. The van der Waals surface area contributed by atoms with Crippen molar-refractivity contribution in [2.45, 2.75) is 33.6 Å². The predicted molar refractivity (Wildman–Crippen MR) is 80.2 cm³/mol. The summed E-state index contributed by atoms with van der Waals surface area (Å²) in [6.07, 6.45) is 2.50. The van der Waals surface area contributed by atoms with Gasteiger partial charge < -0.3 is 10.6 Å². The van der Waals surface area contributed by atoms with Crippen LogP contribution in [-0.2, 0) is 0 Å². The zero-order valence-electron chi connectivity index (χ0n) is 11.4. The minimum atomic E-state index is 0.454. The fourth-order valence-electron chi connectivity index (χ4n) is 2.75. The van der Waals surface area contributed by atoms with Gasteiger partial charge in [-0.1, -0.05) is 25.6 Å². The molecule has 1 fully saturated rings. The number of thiocarbonyl (C=S) groups is 1. The molecule has 0 aromatic carbocycles. The first-order chi connectivity index (χ1) is 8.52. The lowest BCUT2D eigenvalue weighted by Crippen LogP contribution is -2.25. The van der Waals surface area contributed by atoms with E-state index in [9.17, 15) is 0 Å². The van der Waals surface area contributed by atoms with Gasteiger partial charge in [-0.3, -0.25) is 4.98 Å². The van der Waals surface area contributed by atoms with E-state index in [1.165, 1.54) is 18.5 Å². The van der Waals surface area contributed by atoms with Gasteiger partial charge in [0.05, 0.1) is 11.3 Å². The summed E-state index contributed by atoms with van der Waals surface area (Å²) < 4.78 is 0. The molecule has 2 rings (SSSR count). The van der Waals surface area contributed by atoms with Crippen molar-refractivity contribution in [3.05, 3.63) is 23.0 Å². The van der Waals surface area contributed by atoms with Crippen LogP contribution in [0.1, 0.15) is 36.7 Å². The first-order valence-corrected chi connectivity index (χ1v) is 6.96. The summed E-state index contributed by atoms with van der Waals surface area (Å²) in [4.78, 5) is 7.33. The third-order valence-corrected chi connectivity index (χ3v) is 3.96. The molecule has 1 aliphatic rings. The fraction of sp³-hybridized carbons (Fsp3) is 0.571. The molecule has 2 heterocycles. The molecule has 0 spiro atoms. The molecular weight excluding hydrogens is 242 g/mol. The largest absolute Gasteiger partial charge is 0.389 e. The van der Waals surface area contributed by atoms with Gasteiger partial charge in [-0.15, -0.1) is 0 Å². The van der Waals surface area contributed by atoms with Crippen LogP contribution in [0.5, 0.6) is 0 Å². The summed E-state index contributed by atoms with van der Waals surface area (Å²) in [5.74, 6) is 0.790. The van der Waals surface area contributed by atoms with Gasteiger partial charge in [-0.05, 0) is 32.3 Å². The number of hydrogen-bond donors (Lipinski definition) is 1. The van der Waals surface area contributed by atoms with Gasteiger partial charge in [0.15, 0.2) is 0 Å². The number of pyridine rings is 1. The Bertz CT molecular complexity index is 470. The standard InChI is InChI=1S/C14H21N3S/c1-4-11-5-6-17(8-11)12-7-9(2)16-10(3)13(12)14(15)18/h7,11H,4-6,8H2,1-3H3,(H2,15,18). The van der Waals surface area contributed by atoms with Gasteiger partial charge in [0.25, 0.3) is 0 Å². The van der Waals surface area contributed by atoms with Crippen LogP contribution in [0.15, 0.2) is 6.07 Å². The summed E-state index contributed by atoms with van der Waals surface area (Å²) in [6.45, 7) is 8.46. The predicted octanol–water partition coefficient (Wildman–Crippen LogP) is 2.57. The Morgan fingerprint density at radius 2 is 2.28 bits per heavy atom. The topological polar surface area (TPSA) is 42.2 Å². The number of anilines is 1. The van der Waals surface area contributed by atoms with Crippen LogP contribution in [0.3, 0.4) is 0 Å². The van der Waals surface area contributed by atoms with Crippen LogP contribution < -0.4 is 10.6 Å². The summed E-state index contributed by atoms with van der Waals surface area (Å²) in [5.41, 5.74) is 9.96. The van der Waals surface area contributed by atoms with Crippen LogP contribution in [-0.4, -0.2) is 23.1 Å². The summed E-state index contributed by atoms with van der Waals surface area (Å²) >= 11 is 5.18. The zero-order chi connectivity index (χ0) is 13.3. The van der Waals surface area contributed by atoms with Crippen molar-refractivity contribution in [3.8, 4) is 0 Å². The molecule has 0 amide bonds. The Balaban J connectivity index is 2.40. The maximum atomic E-state index is 5.87. The Morgan fingerprint density at radius 1 is 1.56 bits per heavy atom. The van der Waals surface area contributed by atoms with Gasteiger partial charge in [0.1, 0.15) is 4.99 Å². The molecule has 1 atom stereocenters. The van der Waals surface area contributed by atoms with E-state index in [2.05, 4.69) is 22.9 Å². The van der Waals surface area contributed by atoms with Gasteiger partial charge in [0, 0.05) is 24.5 Å². The quantitative estimate of drug-likeness (QED) is 0.851. The van der Waals surface area contributed by atoms with E-state index in [4.69, 9.17) is 18.0 Å². The number of rotatable bonds is 3. The van der Waals surface area contributed by atoms with Crippen LogP contribution in [0.2, 0.25) is 0 Å². The number of aryl methyl sites for hydroxylation is 2. The Kier molecular flexibility index (Phi) is 3.85. The monoisotopic (exact) mass is 263 g/mol. The molecule has 1 aromatic rings. The number of nitrogens with zero attached hydrogens (tertiary/aromatic N) is 2. The van der Waals surface area contributed by atoms with E-state index in [-0.39, 0.29) is 0 Å². The molecule has 1 aliphatic heterocycles. The highest BCUT2D eigenvalue weighted by molar-refractivity contribution is 7.80. The third-order valence-electron chi connectivity index (χ3n) is 3.76. The maximum absolute atomic E-state index is 5.87. The average Bonchev–Trinajstić information content (AvgIpc) is 2.75. The van der Waals surface area contributed by atoms with E-state index < -0.39 is 0 Å². The van der Waals surface area contributed by atoms with E-state index >= 15 is 0 Å². The van der Waals surface area contributed by atoms with Crippen molar-refractivity contribution in [1.82, 2.24) is 4.98 Å². The zero-order valence-corrected chi connectivity index (χ0v) is 12.2.